The Kier molecular flexibility index (Phi) is 6.35. The number of nitrogens with zero attached hydrogens (tertiary/aromatic N) is 1. The van der Waals surface area contributed by atoms with Gasteiger partial charge in [-0.1, -0.05) is 29.8 Å². The molecular weight excluding hydrogens is 430 g/mol. The summed E-state index contributed by atoms with van der Waals surface area (Å²) in [5, 5.41) is 0.614. The van der Waals surface area contributed by atoms with Crippen LogP contribution in [0.15, 0.2) is 59.5 Å². The number of aryl methyl sites for hydroxylation is 1. The molecule has 0 saturated carbocycles. The molecule has 1 aliphatic heterocycles. The molecule has 3 aromatic rings. The molecule has 4 rings (SSSR count). The normalized spacial score (nSPS) is 17.1. The summed E-state index contributed by atoms with van der Waals surface area (Å²) in [4.78, 5) is 24.9. The van der Waals surface area contributed by atoms with E-state index in [0.717, 1.165) is 22.3 Å². The third-order valence-corrected chi connectivity index (χ3v) is 5.82. The van der Waals surface area contributed by atoms with Crippen LogP contribution in [0.4, 0.5) is 0 Å². The molecule has 0 amide bonds. The Morgan fingerprint density at radius 1 is 1.09 bits per heavy atom. The van der Waals surface area contributed by atoms with Crippen molar-refractivity contribution in [1.82, 2.24) is 4.57 Å². The van der Waals surface area contributed by atoms with Gasteiger partial charge in [0.05, 0.1) is 26.2 Å². The van der Waals surface area contributed by atoms with Crippen LogP contribution >= 0.6 is 11.6 Å². The average Bonchev–Trinajstić information content (AvgIpc) is 2.90. The van der Waals surface area contributed by atoms with Gasteiger partial charge in [-0.3, -0.25) is 9.59 Å². The molecule has 0 saturated heterocycles. The number of hydrogen-bond acceptors (Lipinski definition) is 5. The molecule has 6 nitrogen and oxygen atoms in total. The van der Waals surface area contributed by atoms with Gasteiger partial charge < -0.3 is 18.8 Å². The zero-order valence-electron chi connectivity index (χ0n) is 18.1. The predicted octanol–water partition coefficient (Wildman–Crippen LogP) is 4.83. The minimum absolute atomic E-state index is 0.0107. The Morgan fingerprint density at radius 3 is 2.53 bits per heavy atom. The molecule has 0 bridgehead atoms. The van der Waals surface area contributed by atoms with Gasteiger partial charge in [-0.05, 0) is 53.4 Å². The molecule has 166 valence electrons. The first kappa shape index (κ1) is 22.1. The maximum Gasteiger partial charge on any atom is 0.308 e. The minimum atomic E-state index is -0.669. The number of methoxy groups -OCH3 is 1. The van der Waals surface area contributed by atoms with Crippen molar-refractivity contribution in [3.05, 3.63) is 86.8 Å². The van der Waals surface area contributed by atoms with E-state index in [1.807, 2.05) is 30.3 Å². The standard InChI is InChI=1S/C25H24ClNO5/c1-4-31-24(29)13-22-19-12-23(28)27(2)14-21(19)18-10-9-17(30-3)11-20(18)25(32-22)15-5-7-16(26)8-6-15/h5-12,14,22,25H,4,13H2,1-3H3/t22-,25-/m1/s1. The van der Waals surface area contributed by atoms with Crippen LogP contribution < -0.4 is 10.3 Å². The number of aromatic nitrogens is 1. The predicted molar refractivity (Wildman–Crippen MR) is 122 cm³/mol. The van der Waals surface area contributed by atoms with Gasteiger partial charge in [-0.15, -0.1) is 0 Å². The van der Waals surface area contributed by atoms with Gasteiger partial charge in [0.25, 0.3) is 5.56 Å². The summed E-state index contributed by atoms with van der Waals surface area (Å²) in [6.07, 6.45) is 0.597. The maximum absolute atomic E-state index is 12.5. The number of esters is 1. The van der Waals surface area contributed by atoms with Gasteiger partial charge in [0.1, 0.15) is 11.9 Å². The van der Waals surface area contributed by atoms with Crippen molar-refractivity contribution < 1.29 is 19.0 Å². The summed E-state index contributed by atoms with van der Waals surface area (Å²) < 4.78 is 18.7. The van der Waals surface area contributed by atoms with Gasteiger partial charge in [-0.25, -0.2) is 0 Å². The van der Waals surface area contributed by atoms with Crippen LogP contribution in [-0.2, 0) is 21.3 Å². The van der Waals surface area contributed by atoms with Gasteiger partial charge in [0, 0.05) is 29.9 Å². The molecule has 1 aliphatic rings. The van der Waals surface area contributed by atoms with Crippen molar-refractivity contribution in [1.29, 1.82) is 0 Å². The monoisotopic (exact) mass is 453 g/mol. The van der Waals surface area contributed by atoms with Gasteiger partial charge in [0.2, 0.25) is 0 Å². The summed E-state index contributed by atoms with van der Waals surface area (Å²) in [5.74, 6) is 0.295. The fourth-order valence-electron chi connectivity index (χ4n) is 4.00. The Balaban J connectivity index is 1.95. The summed E-state index contributed by atoms with van der Waals surface area (Å²) in [6.45, 7) is 2.03. The SMILES string of the molecule is CCOC(=O)C[C@H]1O[C@H](c2ccc(Cl)cc2)c2cc(OC)ccc2-c2cn(C)c(=O)cc21. The van der Waals surface area contributed by atoms with Crippen molar-refractivity contribution in [2.45, 2.75) is 25.6 Å². The highest BCUT2D eigenvalue weighted by Crippen LogP contribution is 2.46. The Labute approximate surface area is 191 Å². The lowest BCUT2D eigenvalue weighted by atomic mass is 9.91. The highest BCUT2D eigenvalue weighted by molar-refractivity contribution is 6.30. The van der Waals surface area contributed by atoms with E-state index in [9.17, 15) is 9.59 Å². The zero-order chi connectivity index (χ0) is 22.8. The summed E-state index contributed by atoms with van der Waals surface area (Å²) >= 11 is 6.11. The van der Waals surface area contributed by atoms with Crippen LogP contribution in [0.5, 0.6) is 5.75 Å². The van der Waals surface area contributed by atoms with E-state index in [4.69, 9.17) is 25.8 Å². The van der Waals surface area contributed by atoms with E-state index in [-0.39, 0.29) is 24.6 Å². The molecule has 0 spiro atoms. The maximum atomic E-state index is 12.5. The molecular formula is C25H24ClNO5. The third kappa shape index (κ3) is 4.29. The number of halogens is 1. The van der Waals surface area contributed by atoms with E-state index in [2.05, 4.69) is 0 Å². The smallest absolute Gasteiger partial charge is 0.308 e. The molecule has 2 aromatic carbocycles. The zero-order valence-corrected chi connectivity index (χ0v) is 18.9. The molecule has 2 atom stereocenters. The van der Waals surface area contributed by atoms with Crippen LogP contribution in [0.1, 0.15) is 42.2 Å². The van der Waals surface area contributed by atoms with Crippen molar-refractivity contribution in [3.8, 4) is 16.9 Å². The third-order valence-electron chi connectivity index (χ3n) is 5.57. The Bertz CT molecular complexity index is 1200. The second-order valence-electron chi connectivity index (χ2n) is 7.61. The summed E-state index contributed by atoms with van der Waals surface area (Å²) in [5.41, 5.74) is 3.96. The Morgan fingerprint density at radius 2 is 1.84 bits per heavy atom. The Hall–Kier alpha value is -3.09. The van der Waals surface area contributed by atoms with E-state index in [1.165, 1.54) is 10.6 Å². The second kappa shape index (κ2) is 9.18. The lowest BCUT2D eigenvalue weighted by molar-refractivity contribution is -0.147. The van der Waals surface area contributed by atoms with E-state index in [0.29, 0.717) is 16.3 Å². The van der Waals surface area contributed by atoms with Gasteiger partial charge in [0.15, 0.2) is 0 Å². The highest BCUT2D eigenvalue weighted by atomic mass is 35.5. The molecule has 0 aliphatic carbocycles. The highest BCUT2D eigenvalue weighted by Gasteiger charge is 2.33. The van der Waals surface area contributed by atoms with Crippen molar-refractivity contribution >= 4 is 17.6 Å². The number of rotatable bonds is 5. The number of fused-ring (bicyclic) bond motifs is 3. The number of pyridine rings is 1. The van der Waals surface area contributed by atoms with Crippen LogP contribution in [0.25, 0.3) is 11.1 Å². The largest absolute Gasteiger partial charge is 0.497 e. The number of carbonyl (C=O) groups excluding carboxylic acids is 1. The molecule has 0 unspecified atom stereocenters. The number of ether oxygens (including phenoxy) is 3. The number of carbonyl (C=O) groups is 1. The molecule has 0 radical (unpaired) electrons. The minimum Gasteiger partial charge on any atom is -0.497 e. The van der Waals surface area contributed by atoms with Crippen molar-refractivity contribution in [2.75, 3.05) is 13.7 Å². The number of hydrogen-bond donors (Lipinski definition) is 0. The van der Waals surface area contributed by atoms with Crippen molar-refractivity contribution in [3.63, 3.8) is 0 Å². The van der Waals surface area contributed by atoms with Gasteiger partial charge >= 0.3 is 5.97 Å². The first-order valence-corrected chi connectivity index (χ1v) is 10.7. The van der Waals surface area contributed by atoms with Crippen LogP contribution in [0.3, 0.4) is 0 Å². The molecule has 0 fully saturated rings. The first-order valence-electron chi connectivity index (χ1n) is 10.4. The molecule has 7 heteroatoms. The molecule has 1 aromatic heterocycles. The first-order chi connectivity index (χ1) is 15.4. The lowest BCUT2D eigenvalue weighted by Gasteiger charge is -2.24. The van der Waals surface area contributed by atoms with Crippen LogP contribution in [0, 0.1) is 0 Å². The average molecular weight is 454 g/mol. The summed E-state index contributed by atoms with van der Waals surface area (Å²) in [7, 11) is 3.31. The molecule has 32 heavy (non-hydrogen) atoms. The van der Waals surface area contributed by atoms with E-state index < -0.39 is 12.2 Å². The second-order valence-corrected chi connectivity index (χ2v) is 8.05. The van der Waals surface area contributed by atoms with E-state index in [1.54, 1.807) is 39.4 Å². The lowest BCUT2D eigenvalue weighted by Crippen LogP contribution is -2.20. The van der Waals surface area contributed by atoms with Crippen LogP contribution in [0.2, 0.25) is 5.02 Å². The van der Waals surface area contributed by atoms with Crippen molar-refractivity contribution in [2.24, 2.45) is 7.05 Å². The van der Waals surface area contributed by atoms with Gasteiger partial charge in [-0.2, -0.15) is 0 Å². The van der Waals surface area contributed by atoms with E-state index >= 15 is 0 Å². The summed E-state index contributed by atoms with van der Waals surface area (Å²) in [6, 6.07) is 14.7. The quantitative estimate of drug-likeness (QED) is 0.518. The fourth-order valence-corrected chi connectivity index (χ4v) is 4.13. The molecule has 0 N–H and O–H groups in total. The van der Waals surface area contributed by atoms with Crippen LogP contribution in [-0.4, -0.2) is 24.3 Å². The molecule has 2 heterocycles. The topological polar surface area (TPSA) is 66.8 Å². The number of benzene rings is 2. The fraction of sp³-hybridized carbons (Fsp3) is 0.280.